The molecule has 0 radical (unpaired) electrons. The molecule has 0 atom stereocenters. The van der Waals surface area contributed by atoms with Crippen LogP contribution in [0, 0.1) is 5.92 Å². The molecule has 0 aromatic rings. The van der Waals surface area contributed by atoms with E-state index >= 15 is 0 Å². The average molecular weight is 443 g/mol. The summed E-state index contributed by atoms with van der Waals surface area (Å²) in [6.07, 6.45) is 16.2. The zero-order chi connectivity index (χ0) is 23.2. The number of rotatable bonds is 22. The van der Waals surface area contributed by atoms with Gasteiger partial charge >= 0.3 is 17.9 Å². The Balaban J connectivity index is 3.92. The van der Waals surface area contributed by atoms with Crippen LogP contribution < -0.4 is 0 Å². The summed E-state index contributed by atoms with van der Waals surface area (Å²) in [5.41, 5.74) is 0. The molecule has 0 aliphatic rings. The lowest BCUT2D eigenvalue weighted by Gasteiger charge is -2.15. The monoisotopic (exact) mass is 442 g/mol. The predicted octanol–water partition coefficient (Wildman–Crippen LogP) is 6.45. The minimum Gasteiger partial charge on any atom is -0.481 e. The quantitative estimate of drug-likeness (QED) is 0.153. The van der Waals surface area contributed by atoms with Gasteiger partial charge in [-0.3, -0.25) is 14.4 Å². The number of unbranched alkanes of at least 4 members (excludes halogenated alkanes) is 12. The van der Waals surface area contributed by atoms with E-state index in [0.717, 1.165) is 38.5 Å². The smallest absolute Gasteiger partial charge is 0.305 e. The number of carbonyl (C=O) groups is 3. The van der Waals surface area contributed by atoms with Crippen molar-refractivity contribution in [3.8, 4) is 0 Å². The second-order valence-electron chi connectivity index (χ2n) is 8.57. The minimum atomic E-state index is -0.990. The molecule has 6 heteroatoms. The fraction of sp³-hybridized carbons (Fsp3) is 0.880. The van der Waals surface area contributed by atoms with Gasteiger partial charge in [-0.25, -0.2) is 0 Å². The van der Waals surface area contributed by atoms with Crippen LogP contribution in [0.25, 0.3) is 0 Å². The lowest BCUT2D eigenvalue weighted by molar-refractivity contribution is -0.152. The first kappa shape index (κ1) is 29.4. The second kappa shape index (κ2) is 21.6. The highest BCUT2D eigenvalue weighted by Gasteiger charge is 2.18. The molecule has 0 amide bonds. The summed E-state index contributed by atoms with van der Waals surface area (Å²) >= 11 is 0. The maximum Gasteiger partial charge on any atom is 0.305 e. The molecule has 0 aliphatic carbocycles. The van der Waals surface area contributed by atoms with Gasteiger partial charge in [0.2, 0.25) is 0 Å². The van der Waals surface area contributed by atoms with Crippen molar-refractivity contribution < 1.29 is 29.0 Å². The first-order valence-electron chi connectivity index (χ1n) is 12.5. The number of hydrogen-bond acceptors (Lipinski definition) is 5. The molecule has 0 saturated heterocycles. The Kier molecular flexibility index (Phi) is 20.5. The maximum atomic E-state index is 11.9. The summed E-state index contributed by atoms with van der Waals surface area (Å²) < 4.78 is 10.5. The van der Waals surface area contributed by atoms with Crippen molar-refractivity contribution in [1.82, 2.24) is 0 Å². The molecule has 0 spiro atoms. The van der Waals surface area contributed by atoms with Crippen LogP contribution in [0.4, 0.5) is 0 Å². The van der Waals surface area contributed by atoms with Gasteiger partial charge in [-0.2, -0.15) is 0 Å². The van der Waals surface area contributed by atoms with Gasteiger partial charge in [-0.15, -0.1) is 0 Å². The molecule has 0 saturated carbocycles. The molecule has 31 heavy (non-hydrogen) atoms. The molecular formula is C25H46O6. The van der Waals surface area contributed by atoms with E-state index in [1.165, 1.54) is 51.4 Å². The van der Waals surface area contributed by atoms with Gasteiger partial charge in [0.25, 0.3) is 0 Å². The van der Waals surface area contributed by atoms with Crippen molar-refractivity contribution in [1.29, 1.82) is 0 Å². The Morgan fingerprint density at radius 3 is 1.32 bits per heavy atom. The van der Waals surface area contributed by atoms with Crippen LogP contribution in [-0.4, -0.2) is 36.2 Å². The van der Waals surface area contributed by atoms with Crippen LogP contribution >= 0.6 is 0 Å². The van der Waals surface area contributed by atoms with Gasteiger partial charge in [0.05, 0.1) is 19.6 Å². The first-order chi connectivity index (χ1) is 15.0. The molecular weight excluding hydrogens is 396 g/mol. The van der Waals surface area contributed by atoms with Gasteiger partial charge in [0.15, 0.2) is 0 Å². The van der Waals surface area contributed by atoms with E-state index in [1.807, 2.05) is 0 Å². The van der Waals surface area contributed by atoms with Crippen LogP contribution in [0.2, 0.25) is 0 Å². The number of carboxylic acids is 1. The third kappa shape index (κ3) is 21.4. The first-order valence-corrected chi connectivity index (χ1v) is 12.5. The van der Waals surface area contributed by atoms with Gasteiger partial charge in [0.1, 0.15) is 0 Å². The summed E-state index contributed by atoms with van der Waals surface area (Å²) in [4.78, 5) is 34.9. The number of carbonyl (C=O) groups excluding carboxylic acids is 2. The average Bonchev–Trinajstić information content (AvgIpc) is 2.74. The molecule has 0 fully saturated rings. The van der Waals surface area contributed by atoms with Crippen molar-refractivity contribution in [2.24, 2.45) is 5.92 Å². The summed E-state index contributed by atoms with van der Waals surface area (Å²) in [6.45, 7) is 4.33. The highest BCUT2D eigenvalue weighted by molar-refractivity contribution is 5.70. The maximum absolute atomic E-state index is 11.9. The van der Waals surface area contributed by atoms with Gasteiger partial charge < -0.3 is 14.6 Å². The Morgan fingerprint density at radius 2 is 0.968 bits per heavy atom. The molecule has 0 aromatic heterocycles. The molecule has 1 N–H and O–H groups in total. The van der Waals surface area contributed by atoms with Gasteiger partial charge in [-0.1, -0.05) is 90.9 Å². The molecule has 182 valence electrons. The Hall–Kier alpha value is -1.59. The van der Waals surface area contributed by atoms with E-state index in [-0.39, 0.29) is 31.6 Å². The minimum absolute atomic E-state index is 0.0215. The third-order valence-electron chi connectivity index (χ3n) is 5.39. The van der Waals surface area contributed by atoms with E-state index < -0.39 is 11.9 Å². The summed E-state index contributed by atoms with van der Waals surface area (Å²) in [7, 11) is 0. The van der Waals surface area contributed by atoms with Crippen molar-refractivity contribution in [3.05, 3.63) is 0 Å². The third-order valence-corrected chi connectivity index (χ3v) is 5.39. The van der Waals surface area contributed by atoms with Crippen molar-refractivity contribution in [2.75, 3.05) is 13.2 Å². The summed E-state index contributed by atoms with van der Waals surface area (Å²) in [6, 6.07) is 0. The van der Waals surface area contributed by atoms with Crippen molar-refractivity contribution >= 4 is 17.9 Å². The molecule has 0 bridgehead atoms. The number of aliphatic carboxylic acids is 1. The molecule has 0 unspecified atom stereocenters. The molecule has 0 heterocycles. The Labute approximate surface area is 189 Å². The lowest BCUT2D eigenvalue weighted by Crippen LogP contribution is -2.23. The molecule has 0 aliphatic heterocycles. The van der Waals surface area contributed by atoms with E-state index in [2.05, 4.69) is 13.8 Å². The fourth-order valence-corrected chi connectivity index (χ4v) is 3.43. The summed E-state index contributed by atoms with van der Waals surface area (Å²) in [5, 5.41) is 9.06. The normalized spacial score (nSPS) is 10.9. The van der Waals surface area contributed by atoms with E-state index in [1.54, 1.807) is 0 Å². The summed E-state index contributed by atoms with van der Waals surface area (Å²) in [5.74, 6) is -2.11. The largest absolute Gasteiger partial charge is 0.481 e. The lowest BCUT2D eigenvalue weighted by atomic mass is 10.1. The predicted molar refractivity (Wildman–Crippen MR) is 123 cm³/mol. The SMILES string of the molecule is CCCCCCCCCC(=O)OCC(COC(=O)CCCCCCCCC)CC(=O)O. The number of carboxylic acid groups (broad SMARTS) is 1. The standard InChI is InChI=1S/C25H46O6/c1-3-5-7-9-11-13-15-17-24(28)30-20-22(19-23(26)27)21-31-25(29)18-16-14-12-10-8-6-4-2/h22H,3-21H2,1-2H3,(H,26,27). The fourth-order valence-electron chi connectivity index (χ4n) is 3.43. The molecule has 0 aromatic carbocycles. The Morgan fingerprint density at radius 1 is 0.613 bits per heavy atom. The zero-order valence-electron chi connectivity index (χ0n) is 20.0. The van der Waals surface area contributed by atoms with Crippen LogP contribution in [0.15, 0.2) is 0 Å². The number of ether oxygens (including phenoxy) is 2. The second-order valence-corrected chi connectivity index (χ2v) is 8.57. The zero-order valence-corrected chi connectivity index (χ0v) is 20.0. The van der Waals surface area contributed by atoms with Crippen LogP contribution in [0.1, 0.15) is 123 Å². The van der Waals surface area contributed by atoms with E-state index in [9.17, 15) is 14.4 Å². The van der Waals surface area contributed by atoms with Gasteiger partial charge in [0, 0.05) is 18.8 Å². The van der Waals surface area contributed by atoms with Gasteiger partial charge in [-0.05, 0) is 12.8 Å². The van der Waals surface area contributed by atoms with Crippen molar-refractivity contribution in [2.45, 2.75) is 123 Å². The Bertz CT molecular complexity index is 429. The number of esters is 2. The van der Waals surface area contributed by atoms with Crippen LogP contribution in [-0.2, 0) is 23.9 Å². The molecule has 6 nitrogen and oxygen atoms in total. The highest BCUT2D eigenvalue weighted by atomic mass is 16.5. The van der Waals surface area contributed by atoms with Crippen LogP contribution in [0.3, 0.4) is 0 Å². The highest BCUT2D eigenvalue weighted by Crippen LogP contribution is 2.12. The topological polar surface area (TPSA) is 89.9 Å². The van der Waals surface area contributed by atoms with Crippen LogP contribution in [0.5, 0.6) is 0 Å². The van der Waals surface area contributed by atoms with Crippen molar-refractivity contribution in [3.63, 3.8) is 0 Å². The molecule has 0 rings (SSSR count). The van der Waals surface area contributed by atoms with E-state index in [0.29, 0.717) is 12.8 Å². The van der Waals surface area contributed by atoms with E-state index in [4.69, 9.17) is 14.6 Å². The number of hydrogen-bond donors (Lipinski definition) is 1.